The van der Waals surface area contributed by atoms with Crippen LogP contribution in [0.1, 0.15) is 0 Å². The van der Waals surface area contributed by atoms with Crippen molar-refractivity contribution in [1.82, 2.24) is 14.1 Å². The molecule has 0 unspecified atom stereocenters. The molecule has 26 heavy (non-hydrogen) atoms. The number of hydrogen-bond donors (Lipinski definition) is 1. The average molecular weight is 374 g/mol. The molecule has 0 spiro atoms. The van der Waals surface area contributed by atoms with Gasteiger partial charge in [0.05, 0.1) is 11.7 Å². The Labute approximate surface area is 153 Å². The zero-order valence-corrected chi connectivity index (χ0v) is 14.8. The van der Waals surface area contributed by atoms with Crippen molar-refractivity contribution < 1.29 is 13.9 Å². The minimum atomic E-state index is -0.380. The van der Waals surface area contributed by atoms with E-state index in [1.165, 1.54) is 6.07 Å². The van der Waals surface area contributed by atoms with Crippen LogP contribution in [0.5, 0.6) is 11.6 Å². The standard InChI is InChI=1S/C17H18N4O4S/c22-15-4-2-12-1-3-13(11-14(12)25-15)23-9-10-24-17-16(19-26-20-17)21-7-5-18-6-8-21/h1-4,11,18H,5-10H2. The number of benzene rings is 1. The molecule has 0 amide bonds. The van der Waals surface area contributed by atoms with Crippen molar-refractivity contribution >= 4 is 28.5 Å². The van der Waals surface area contributed by atoms with Gasteiger partial charge in [-0.05, 0) is 18.2 Å². The highest BCUT2D eigenvalue weighted by molar-refractivity contribution is 6.99. The molecule has 4 rings (SSSR count). The second-order valence-corrected chi connectivity index (χ2v) is 6.31. The first kappa shape index (κ1) is 16.8. The molecular formula is C17H18N4O4S. The number of piperazine rings is 1. The van der Waals surface area contributed by atoms with Gasteiger partial charge in [-0.25, -0.2) is 4.79 Å². The molecule has 1 aromatic carbocycles. The van der Waals surface area contributed by atoms with E-state index in [0.717, 1.165) is 49.1 Å². The van der Waals surface area contributed by atoms with Crippen LogP contribution in [0, 0.1) is 0 Å². The highest BCUT2D eigenvalue weighted by Gasteiger charge is 2.19. The van der Waals surface area contributed by atoms with Gasteiger partial charge >= 0.3 is 5.63 Å². The van der Waals surface area contributed by atoms with Crippen molar-refractivity contribution in [2.75, 3.05) is 44.3 Å². The van der Waals surface area contributed by atoms with Crippen molar-refractivity contribution in [3.8, 4) is 11.6 Å². The van der Waals surface area contributed by atoms with E-state index in [4.69, 9.17) is 13.9 Å². The molecule has 0 aliphatic carbocycles. The van der Waals surface area contributed by atoms with E-state index >= 15 is 0 Å². The van der Waals surface area contributed by atoms with E-state index < -0.39 is 0 Å². The predicted octanol–water partition coefficient (Wildman–Crippen LogP) is 1.51. The van der Waals surface area contributed by atoms with Crippen molar-refractivity contribution in [3.05, 3.63) is 40.8 Å². The van der Waals surface area contributed by atoms with Crippen molar-refractivity contribution in [1.29, 1.82) is 0 Å². The molecule has 2 aromatic heterocycles. The maximum Gasteiger partial charge on any atom is 0.336 e. The molecule has 1 aliphatic rings. The quantitative estimate of drug-likeness (QED) is 0.513. The number of fused-ring (bicyclic) bond motifs is 1. The summed E-state index contributed by atoms with van der Waals surface area (Å²) in [5, 5.41) is 4.16. The second kappa shape index (κ2) is 7.71. The van der Waals surface area contributed by atoms with Crippen molar-refractivity contribution in [2.45, 2.75) is 0 Å². The number of hydrogen-bond acceptors (Lipinski definition) is 9. The van der Waals surface area contributed by atoms with E-state index in [1.807, 2.05) is 12.1 Å². The van der Waals surface area contributed by atoms with Crippen molar-refractivity contribution in [2.24, 2.45) is 0 Å². The average Bonchev–Trinajstić information content (AvgIpc) is 3.14. The third-order valence-electron chi connectivity index (χ3n) is 4.04. The van der Waals surface area contributed by atoms with Crippen LogP contribution in [0.4, 0.5) is 5.82 Å². The van der Waals surface area contributed by atoms with Gasteiger partial charge in [0.2, 0.25) is 5.82 Å². The first-order valence-electron chi connectivity index (χ1n) is 8.37. The molecule has 3 aromatic rings. The largest absolute Gasteiger partial charge is 0.490 e. The molecule has 9 heteroatoms. The number of ether oxygens (including phenoxy) is 2. The number of anilines is 1. The van der Waals surface area contributed by atoms with Gasteiger partial charge in [-0.15, -0.1) is 4.37 Å². The van der Waals surface area contributed by atoms with Crippen LogP contribution in [0.15, 0.2) is 39.5 Å². The number of nitrogens with one attached hydrogen (secondary N) is 1. The fraction of sp³-hybridized carbons (Fsp3) is 0.353. The molecule has 1 saturated heterocycles. The first-order valence-corrected chi connectivity index (χ1v) is 9.10. The van der Waals surface area contributed by atoms with Gasteiger partial charge < -0.3 is 24.1 Å². The third kappa shape index (κ3) is 3.78. The van der Waals surface area contributed by atoms with Crippen molar-refractivity contribution in [3.63, 3.8) is 0 Å². The Morgan fingerprint density at radius 3 is 2.81 bits per heavy atom. The van der Waals surface area contributed by atoms with E-state index in [0.29, 0.717) is 30.4 Å². The van der Waals surface area contributed by atoms with Gasteiger partial charge in [0.15, 0.2) is 0 Å². The molecule has 1 N–H and O–H groups in total. The zero-order chi connectivity index (χ0) is 17.8. The first-order chi connectivity index (χ1) is 12.8. The fourth-order valence-electron chi connectivity index (χ4n) is 2.77. The summed E-state index contributed by atoms with van der Waals surface area (Å²) in [4.78, 5) is 13.5. The zero-order valence-electron chi connectivity index (χ0n) is 14.0. The third-order valence-corrected chi connectivity index (χ3v) is 4.55. The lowest BCUT2D eigenvalue weighted by Crippen LogP contribution is -2.43. The molecule has 136 valence electrons. The van der Waals surface area contributed by atoms with Crippen LogP contribution in [-0.2, 0) is 0 Å². The SMILES string of the molecule is O=c1ccc2ccc(OCCOc3nsnc3N3CCNCC3)cc2o1. The van der Waals surface area contributed by atoms with Crippen LogP contribution in [0.3, 0.4) is 0 Å². The molecule has 1 fully saturated rings. The highest BCUT2D eigenvalue weighted by Crippen LogP contribution is 2.26. The Hall–Kier alpha value is -2.65. The molecule has 0 radical (unpaired) electrons. The van der Waals surface area contributed by atoms with Crippen LogP contribution in [-0.4, -0.2) is 48.1 Å². The summed E-state index contributed by atoms with van der Waals surface area (Å²) in [6.07, 6.45) is 0. The van der Waals surface area contributed by atoms with Gasteiger partial charge in [0.1, 0.15) is 24.5 Å². The van der Waals surface area contributed by atoms with E-state index in [1.54, 1.807) is 12.1 Å². The van der Waals surface area contributed by atoms with Crippen LogP contribution in [0.25, 0.3) is 11.0 Å². The smallest absolute Gasteiger partial charge is 0.336 e. The Morgan fingerprint density at radius 2 is 1.92 bits per heavy atom. The fourth-order valence-corrected chi connectivity index (χ4v) is 3.29. The van der Waals surface area contributed by atoms with E-state index in [2.05, 4.69) is 19.0 Å². The van der Waals surface area contributed by atoms with Crippen LogP contribution >= 0.6 is 11.7 Å². The minimum Gasteiger partial charge on any atom is -0.490 e. The Kier molecular flexibility index (Phi) is 4.98. The maximum atomic E-state index is 11.3. The normalized spacial score (nSPS) is 14.5. The maximum absolute atomic E-state index is 11.3. The lowest BCUT2D eigenvalue weighted by atomic mass is 10.2. The lowest BCUT2D eigenvalue weighted by Gasteiger charge is -2.27. The molecule has 1 aliphatic heterocycles. The summed E-state index contributed by atoms with van der Waals surface area (Å²) >= 11 is 1.15. The molecule has 0 saturated carbocycles. The van der Waals surface area contributed by atoms with Crippen LogP contribution in [0.2, 0.25) is 0 Å². The van der Waals surface area contributed by atoms with Gasteiger partial charge in [0, 0.05) is 43.7 Å². The van der Waals surface area contributed by atoms with Crippen LogP contribution < -0.4 is 25.3 Å². The summed E-state index contributed by atoms with van der Waals surface area (Å²) < 4.78 is 25.1. The number of rotatable bonds is 6. The molecular weight excluding hydrogens is 356 g/mol. The topological polar surface area (TPSA) is 89.7 Å². The van der Waals surface area contributed by atoms with Gasteiger partial charge in [-0.2, -0.15) is 4.37 Å². The Balaban J connectivity index is 1.33. The van der Waals surface area contributed by atoms with E-state index in [-0.39, 0.29) is 5.63 Å². The summed E-state index contributed by atoms with van der Waals surface area (Å²) in [6, 6.07) is 8.50. The number of nitrogens with zero attached hydrogens (tertiary/aromatic N) is 3. The second-order valence-electron chi connectivity index (χ2n) is 5.78. The summed E-state index contributed by atoms with van der Waals surface area (Å²) in [5.74, 6) is 1.96. The molecule has 8 nitrogen and oxygen atoms in total. The highest BCUT2D eigenvalue weighted by atomic mass is 32.1. The molecule has 0 bridgehead atoms. The molecule has 3 heterocycles. The Bertz CT molecular complexity index is 936. The van der Waals surface area contributed by atoms with E-state index in [9.17, 15) is 4.79 Å². The van der Waals surface area contributed by atoms with Gasteiger partial charge in [0.25, 0.3) is 5.88 Å². The van der Waals surface area contributed by atoms with Gasteiger partial charge in [-0.1, -0.05) is 0 Å². The summed E-state index contributed by atoms with van der Waals surface area (Å²) in [7, 11) is 0. The van der Waals surface area contributed by atoms with Gasteiger partial charge in [-0.3, -0.25) is 0 Å². The Morgan fingerprint density at radius 1 is 1.12 bits per heavy atom. The lowest BCUT2D eigenvalue weighted by molar-refractivity contribution is 0.213. The predicted molar refractivity (Wildman–Crippen MR) is 98.5 cm³/mol. The minimum absolute atomic E-state index is 0.348. The summed E-state index contributed by atoms with van der Waals surface area (Å²) in [6.45, 7) is 4.33. The summed E-state index contributed by atoms with van der Waals surface area (Å²) in [5.41, 5.74) is 0.120. The number of aromatic nitrogens is 2. The monoisotopic (exact) mass is 374 g/mol. The molecule has 0 atom stereocenters.